The van der Waals surface area contributed by atoms with E-state index in [1.165, 1.54) is 6.07 Å². The number of ether oxygens (including phenoxy) is 2. The molecule has 10 heteroatoms. The third-order valence-electron chi connectivity index (χ3n) is 6.11. The lowest BCUT2D eigenvalue weighted by Crippen LogP contribution is -2.44. The lowest BCUT2D eigenvalue weighted by Gasteiger charge is -2.37. The molecule has 0 bridgehead atoms. The number of para-hydroxylation sites is 1. The molecule has 5 rings (SSSR count). The van der Waals surface area contributed by atoms with Gasteiger partial charge in [0.1, 0.15) is 11.4 Å². The molecule has 174 valence electrons. The summed E-state index contributed by atoms with van der Waals surface area (Å²) in [5, 5.41) is 5.66. The molecule has 33 heavy (non-hydrogen) atoms. The Labute approximate surface area is 192 Å². The van der Waals surface area contributed by atoms with Crippen LogP contribution in [0, 0.1) is 5.41 Å². The molecule has 0 unspecified atom stereocenters. The quantitative estimate of drug-likeness (QED) is 0.565. The Kier molecular flexibility index (Phi) is 5.37. The van der Waals surface area contributed by atoms with Crippen LogP contribution in [0.1, 0.15) is 48.3 Å². The number of benzene rings is 1. The van der Waals surface area contributed by atoms with E-state index in [9.17, 15) is 13.2 Å². The zero-order valence-corrected chi connectivity index (χ0v) is 19.4. The van der Waals surface area contributed by atoms with Gasteiger partial charge >= 0.3 is 0 Å². The second kappa shape index (κ2) is 8.11. The van der Waals surface area contributed by atoms with Gasteiger partial charge in [0.15, 0.2) is 5.65 Å². The Hall–Kier alpha value is -2.98. The van der Waals surface area contributed by atoms with Gasteiger partial charge in [0.2, 0.25) is 10.0 Å². The average molecular weight is 471 g/mol. The van der Waals surface area contributed by atoms with Gasteiger partial charge < -0.3 is 9.47 Å². The Morgan fingerprint density at radius 2 is 2.00 bits per heavy atom. The fourth-order valence-electron chi connectivity index (χ4n) is 4.06. The summed E-state index contributed by atoms with van der Waals surface area (Å²) >= 11 is 0. The molecule has 3 heterocycles. The molecule has 0 radical (unpaired) electrons. The number of rotatable bonds is 7. The average Bonchev–Trinajstić information content (AvgIpc) is 3.08. The van der Waals surface area contributed by atoms with Crippen molar-refractivity contribution < 1.29 is 22.7 Å². The number of amides is 1. The van der Waals surface area contributed by atoms with Gasteiger partial charge in [-0.25, -0.2) is 22.8 Å². The summed E-state index contributed by atoms with van der Waals surface area (Å²) < 4.78 is 38.6. The highest BCUT2D eigenvalue weighted by Crippen LogP contribution is 2.43. The molecular weight excluding hydrogens is 444 g/mol. The van der Waals surface area contributed by atoms with Gasteiger partial charge in [-0.2, -0.15) is 5.10 Å². The van der Waals surface area contributed by atoms with E-state index >= 15 is 0 Å². The lowest BCUT2D eigenvalue weighted by atomic mass is 9.82. The summed E-state index contributed by atoms with van der Waals surface area (Å²) in [6.45, 7) is 3.68. The minimum absolute atomic E-state index is 0.0461. The number of pyridine rings is 1. The van der Waals surface area contributed by atoms with E-state index in [0.29, 0.717) is 37.1 Å². The van der Waals surface area contributed by atoms with Crippen molar-refractivity contribution in [2.75, 3.05) is 26.1 Å². The van der Waals surface area contributed by atoms with Gasteiger partial charge in [0, 0.05) is 17.4 Å². The van der Waals surface area contributed by atoms with E-state index in [4.69, 9.17) is 14.6 Å². The van der Waals surface area contributed by atoms with Gasteiger partial charge in [-0.3, -0.25) is 4.79 Å². The molecule has 2 aromatic heterocycles. The van der Waals surface area contributed by atoms with Gasteiger partial charge in [-0.15, -0.1) is 0 Å². The van der Waals surface area contributed by atoms with Crippen molar-refractivity contribution in [1.82, 2.24) is 19.5 Å². The van der Waals surface area contributed by atoms with Crippen molar-refractivity contribution in [3.8, 4) is 11.4 Å². The topological polar surface area (TPSA) is 112 Å². The summed E-state index contributed by atoms with van der Waals surface area (Å²) in [5.41, 5.74) is 2.00. The number of fused-ring (bicyclic) bond motifs is 1. The van der Waals surface area contributed by atoms with Crippen LogP contribution < -0.4 is 9.46 Å². The van der Waals surface area contributed by atoms with Crippen molar-refractivity contribution in [3.63, 3.8) is 0 Å². The van der Waals surface area contributed by atoms with Crippen molar-refractivity contribution >= 4 is 27.0 Å². The molecule has 1 aliphatic heterocycles. The fraction of sp³-hybridized carbons (Fsp3) is 0.435. The highest BCUT2D eigenvalue weighted by Gasteiger charge is 2.35. The van der Waals surface area contributed by atoms with E-state index < -0.39 is 15.9 Å². The van der Waals surface area contributed by atoms with Crippen molar-refractivity contribution in [3.05, 3.63) is 47.8 Å². The minimum Gasteiger partial charge on any atom is -0.492 e. The monoisotopic (exact) mass is 470 g/mol. The zero-order valence-electron chi connectivity index (χ0n) is 18.6. The van der Waals surface area contributed by atoms with Crippen LogP contribution in [-0.2, 0) is 14.8 Å². The molecule has 3 aromatic rings. The molecule has 1 aromatic carbocycles. The van der Waals surface area contributed by atoms with Crippen LogP contribution in [0.2, 0.25) is 0 Å². The van der Waals surface area contributed by atoms with Gasteiger partial charge in [0.25, 0.3) is 5.91 Å². The number of hydrogen-bond acceptors (Lipinski definition) is 7. The Morgan fingerprint density at radius 3 is 2.58 bits per heavy atom. The summed E-state index contributed by atoms with van der Waals surface area (Å²) in [6.07, 6.45) is 4.13. The first kappa shape index (κ1) is 21.8. The zero-order chi connectivity index (χ0) is 23.2. The van der Waals surface area contributed by atoms with Crippen molar-refractivity contribution in [1.29, 1.82) is 0 Å². The molecule has 2 fully saturated rings. The van der Waals surface area contributed by atoms with Crippen LogP contribution in [0.3, 0.4) is 0 Å². The molecule has 0 spiro atoms. The molecule has 0 atom stereocenters. The molecule has 1 saturated heterocycles. The first-order valence-electron chi connectivity index (χ1n) is 10.9. The normalized spacial score (nSPS) is 17.9. The molecule has 1 amide bonds. The van der Waals surface area contributed by atoms with Crippen LogP contribution in [0.25, 0.3) is 16.7 Å². The number of aromatic nitrogens is 3. The molecule has 1 N–H and O–H groups in total. The van der Waals surface area contributed by atoms with E-state index in [0.717, 1.165) is 42.3 Å². The Bertz CT molecular complexity index is 1310. The van der Waals surface area contributed by atoms with Gasteiger partial charge in [-0.05, 0) is 25.0 Å². The molecule has 1 saturated carbocycles. The van der Waals surface area contributed by atoms with E-state index in [2.05, 4.69) is 11.9 Å². The van der Waals surface area contributed by atoms with Crippen molar-refractivity contribution in [2.24, 2.45) is 5.41 Å². The number of hydrogen-bond donors (Lipinski definition) is 1. The number of carbonyl (C=O) groups is 1. The number of sulfonamides is 1. The Morgan fingerprint density at radius 1 is 1.27 bits per heavy atom. The molecule has 9 nitrogen and oxygen atoms in total. The van der Waals surface area contributed by atoms with E-state index in [-0.39, 0.29) is 11.1 Å². The van der Waals surface area contributed by atoms with Crippen LogP contribution in [-0.4, -0.2) is 55.2 Å². The summed E-state index contributed by atoms with van der Waals surface area (Å²) in [4.78, 5) is 17.3. The molecule has 2 aliphatic rings. The van der Waals surface area contributed by atoms with E-state index in [1.54, 1.807) is 4.68 Å². The van der Waals surface area contributed by atoms with Crippen LogP contribution in [0.4, 0.5) is 0 Å². The maximum absolute atomic E-state index is 12.7. The van der Waals surface area contributed by atoms with Crippen LogP contribution >= 0.6 is 0 Å². The third kappa shape index (κ3) is 4.32. The maximum Gasteiger partial charge on any atom is 0.283 e. The number of nitrogens with zero attached hydrogens (tertiary/aromatic N) is 3. The number of nitrogens with one attached hydrogen (secondary N) is 1. The SMILES string of the molecule is CC1(COc2cc(C(=O)NS(C)(=O)=O)nc3c2c(C2CCC2)nn3-c2ccccc2)COC1. The fourth-order valence-corrected chi connectivity index (χ4v) is 4.50. The first-order chi connectivity index (χ1) is 15.7. The van der Waals surface area contributed by atoms with Gasteiger partial charge in [-0.1, -0.05) is 31.5 Å². The van der Waals surface area contributed by atoms with E-state index in [1.807, 2.05) is 35.1 Å². The Balaban J connectivity index is 1.68. The molecular formula is C23H26N4O5S. The summed E-state index contributed by atoms with van der Waals surface area (Å²) in [5.74, 6) is -0.0377. The summed E-state index contributed by atoms with van der Waals surface area (Å²) in [7, 11) is -3.75. The van der Waals surface area contributed by atoms with Gasteiger partial charge in [0.05, 0.1) is 42.8 Å². The minimum atomic E-state index is -3.75. The summed E-state index contributed by atoms with van der Waals surface area (Å²) in [6, 6.07) is 11.1. The third-order valence-corrected chi connectivity index (χ3v) is 6.67. The second-order valence-corrected chi connectivity index (χ2v) is 11.0. The smallest absolute Gasteiger partial charge is 0.283 e. The molecule has 1 aliphatic carbocycles. The highest BCUT2D eigenvalue weighted by molar-refractivity contribution is 7.89. The standard InChI is InChI=1S/C23H26N4O5S/c1-23(12-31-13-23)14-32-18-11-17(22(28)26-33(2,29)30)24-21-19(18)20(15-7-6-8-15)25-27(21)16-9-4-3-5-10-16/h3-5,9-11,15H,6-8,12-14H2,1-2H3,(H,26,28). The second-order valence-electron chi connectivity index (χ2n) is 9.26. The lowest BCUT2D eigenvalue weighted by molar-refractivity contribution is -0.120. The first-order valence-corrected chi connectivity index (χ1v) is 12.8. The number of carbonyl (C=O) groups excluding carboxylic acids is 1. The van der Waals surface area contributed by atoms with Crippen LogP contribution in [0.15, 0.2) is 36.4 Å². The predicted molar refractivity (Wildman–Crippen MR) is 122 cm³/mol. The van der Waals surface area contributed by atoms with Crippen molar-refractivity contribution in [2.45, 2.75) is 32.1 Å². The largest absolute Gasteiger partial charge is 0.492 e. The maximum atomic E-state index is 12.7. The predicted octanol–water partition coefficient (Wildman–Crippen LogP) is 2.79. The highest BCUT2D eigenvalue weighted by atomic mass is 32.2. The van der Waals surface area contributed by atoms with Crippen LogP contribution in [0.5, 0.6) is 5.75 Å².